The van der Waals surface area contributed by atoms with Crippen LogP contribution in [0, 0.1) is 0 Å². The highest BCUT2D eigenvalue weighted by Gasteiger charge is 2.24. The smallest absolute Gasteiger partial charge is 0.335 e. The average molecular weight is 353 g/mol. The average Bonchev–Trinajstić information content (AvgIpc) is 2.68. The molecule has 2 aromatic rings. The van der Waals surface area contributed by atoms with E-state index in [-0.39, 0.29) is 24.0 Å². The van der Waals surface area contributed by atoms with Crippen molar-refractivity contribution >= 4 is 11.9 Å². The second-order valence-corrected chi connectivity index (χ2v) is 6.54. The lowest BCUT2D eigenvalue weighted by Gasteiger charge is -2.33. The van der Waals surface area contributed by atoms with Gasteiger partial charge in [0.1, 0.15) is 0 Å². The van der Waals surface area contributed by atoms with Gasteiger partial charge in [0.25, 0.3) is 0 Å². The number of benzene rings is 2. The Morgan fingerprint density at radius 1 is 1.04 bits per heavy atom. The molecule has 0 aromatic heterocycles. The second kappa shape index (κ2) is 8.63. The van der Waals surface area contributed by atoms with E-state index in [4.69, 9.17) is 9.84 Å². The molecule has 136 valence electrons. The zero-order valence-electron chi connectivity index (χ0n) is 14.6. The van der Waals surface area contributed by atoms with Gasteiger partial charge in [-0.05, 0) is 36.1 Å². The van der Waals surface area contributed by atoms with Gasteiger partial charge >= 0.3 is 5.97 Å². The van der Waals surface area contributed by atoms with Crippen LogP contribution in [0.25, 0.3) is 0 Å². The van der Waals surface area contributed by atoms with E-state index in [1.165, 1.54) is 17.7 Å². The molecule has 3 rings (SSSR count). The van der Waals surface area contributed by atoms with Gasteiger partial charge < -0.3 is 14.7 Å². The molecule has 5 nitrogen and oxygen atoms in total. The molecular weight excluding hydrogens is 330 g/mol. The third-order valence-corrected chi connectivity index (χ3v) is 4.65. The summed E-state index contributed by atoms with van der Waals surface area (Å²) < 4.78 is 5.81. The number of rotatable bonds is 6. The summed E-state index contributed by atoms with van der Waals surface area (Å²) in [6.07, 6.45) is 2.17. The van der Waals surface area contributed by atoms with Crippen LogP contribution in [0.4, 0.5) is 0 Å². The number of carboxylic acids is 1. The molecule has 1 saturated heterocycles. The van der Waals surface area contributed by atoms with E-state index in [2.05, 4.69) is 12.1 Å². The lowest BCUT2D eigenvalue weighted by Crippen LogP contribution is -2.46. The summed E-state index contributed by atoms with van der Waals surface area (Å²) >= 11 is 0. The minimum atomic E-state index is -0.961. The molecule has 1 unspecified atom stereocenters. The molecule has 1 amide bonds. The fourth-order valence-electron chi connectivity index (χ4n) is 3.14. The Bertz CT molecular complexity index is 742. The first kappa shape index (κ1) is 18.1. The quantitative estimate of drug-likeness (QED) is 0.867. The first-order valence-electron chi connectivity index (χ1n) is 8.87. The number of nitrogens with zero attached hydrogens (tertiary/aromatic N) is 1. The summed E-state index contributed by atoms with van der Waals surface area (Å²) in [5.74, 6) is -0.904. The van der Waals surface area contributed by atoms with Gasteiger partial charge in [-0.15, -0.1) is 0 Å². The number of hydrogen-bond acceptors (Lipinski definition) is 3. The molecule has 1 N–H and O–H groups in total. The molecule has 0 aliphatic carbocycles. The Morgan fingerprint density at radius 3 is 2.46 bits per heavy atom. The summed E-state index contributed by atoms with van der Waals surface area (Å²) in [4.78, 5) is 25.3. The molecule has 1 atom stereocenters. The summed E-state index contributed by atoms with van der Waals surface area (Å²) in [5.41, 5.74) is 2.33. The molecule has 0 saturated carbocycles. The Morgan fingerprint density at radius 2 is 1.77 bits per heavy atom. The van der Waals surface area contributed by atoms with Gasteiger partial charge in [-0.2, -0.15) is 0 Å². The van der Waals surface area contributed by atoms with Crippen molar-refractivity contribution in [2.45, 2.75) is 25.4 Å². The third-order valence-electron chi connectivity index (χ3n) is 4.65. The summed E-state index contributed by atoms with van der Waals surface area (Å²) in [6.45, 7) is 1.77. The van der Waals surface area contributed by atoms with Gasteiger partial charge in [-0.1, -0.05) is 42.5 Å². The molecular formula is C21H23NO4. The highest BCUT2D eigenvalue weighted by atomic mass is 16.5. The number of carbonyl (C=O) groups excluding carboxylic acids is 1. The number of aryl methyl sites for hydroxylation is 1. The van der Waals surface area contributed by atoms with Crippen molar-refractivity contribution in [2.24, 2.45) is 0 Å². The van der Waals surface area contributed by atoms with Gasteiger partial charge in [-0.25, -0.2) is 4.79 Å². The Hall–Kier alpha value is -2.66. The van der Waals surface area contributed by atoms with Crippen molar-refractivity contribution in [2.75, 3.05) is 19.7 Å². The summed E-state index contributed by atoms with van der Waals surface area (Å²) in [6, 6.07) is 16.7. The molecule has 1 aliphatic heterocycles. The van der Waals surface area contributed by atoms with Gasteiger partial charge in [-0.3, -0.25) is 4.79 Å². The number of aromatic carboxylic acids is 1. The Balaban J connectivity index is 1.51. The standard InChI is InChI=1S/C21H23NO4/c23-20(14-17-6-9-18(10-7-17)21(24)25)22-12-13-26-19(15-22)11-8-16-4-2-1-3-5-16/h1-7,9-10,19H,8,11-15H2,(H,24,25). The highest BCUT2D eigenvalue weighted by Crippen LogP contribution is 2.14. The van der Waals surface area contributed by atoms with E-state index in [0.717, 1.165) is 18.4 Å². The second-order valence-electron chi connectivity index (χ2n) is 6.54. The Labute approximate surface area is 153 Å². The van der Waals surface area contributed by atoms with Crippen LogP contribution in [0.3, 0.4) is 0 Å². The molecule has 0 radical (unpaired) electrons. The van der Waals surface area contributed by atoms with Crippen LogP contribution in [0.2, 0.25) is 0 Å². The molecule has 2 aromatic carbocycles. The van der Waals surface area contributed by atoms with Crippen molar-refractivity contribution < 1.29 is 19.4 Å². The largest absolute Gasteiger partial charge is 0.478 e. The molecule has 1 aliphatic rings. The van der Waals surface area contributed by atoms with Crippen molar-refractivity contribution in [3.63, 3.8) is 0 Å². The van der Waals surface area contributed by atoms with Crippen LogP contribution < -0.4 is 0 Å². The first-order valence-corrected chi connectivity index (χ1v) is 8.87. The minimum absolute atomic E-state index is 0.0566. The first-order chi connectivity index (χ1) is 12.6. The fourth-order valence-corrected chi connectivity index (χ4v) is 3.14. The number of morpholine rings is 1. The van der Waals surface area contributed by atoms with Crippen LogP contribution >= 0.6 is 0 Å². The topological polar surface area (TPSA) is 66.8 Å². The lowest BCUT2D eigenvalue weighted by atomic mass is 10.0. The van der Waals surface area contributed by atoms with Gasteiger partial charge in [0, 0.05) is 13.1 Å². The van der Waals surface area contributed by atoms with Gasteiger partial charge in [0.05, 0.1) is 24.7 Å². The van der Waals surface area contributed by atoms with E-state index < -0.39 is 5.97 Å². The predicted octanol–water partition coefficient (Wildman–Crippen LogP) is 2.79. The summed E-state index contributed by atoms with van der Waals surface area (Å²) in [7, 11) is 0. The van der Waals surface area contributed by atoms with Gasteiger partial charge in [0.15, 0.2) is 0 Å². The van der Waals surface area contributed by atoms with E-state index in [9.17, 15) is 9.59 Å². The summed E-state index contributed by atoms with van der Waals surface area (Å²) in [5, 5.41) is 8.93. The lowest BCUT2D eigenvalue weighted by molar-refractivity contribution is -0.138. The van der Waals surface area contributed by atoms with Gasteiger partial charge in [0.2, 0.25) is 5.91 Å². The minimum Gasteiger partial charge on any atom is -0.478 e. The molecule has 0 bridgehead atoms. The predicted molar refractivity (Wildman–Crippen MR) is 98.2 cm³/mol. The molecule has 1 heterocycles. The molecule has 5 heteroatoms. The van der Waals surface area contributed by atoms with Crippen molar-refractivity contribution in [1.82, 2.24) is 4.90 Å². The van der Waals surface area contributed by atoms with E-state index in [1.807, 2.05) is 23.1 Å². The van der Waals surface area contributed by atoms with Crippen LogP contribution in [0.5, 0.6) is 0 Å². The maximum atomic E-state index is 12.6. The Kier molecular flexibility index (Phi) is 6.02. The number of carboxylic acid groups (broad SMARTS) is 1. The zero-order chi connectivity index (χ0) is 18.4. The van der Waals surface area contributed by atoms with Crippen molar-refractivity contribution in [3.8, 4) is 0 Å². The fraction of sp³-hybridized carbons (Fsp3) is 0.333. The van der Waals surface area contributed by atoms with Crippen LogP contribution in [-0.4, -0.2) is 47.7 Å². The maximum Gasteiger partial charge on any atom is 0.335 e. The normalized spacial score (nSPS) is 17.1. The van der Waals surface area contributed by atoms with Crippen LogP contribution in [0.1, 0.15) is 27.9 Å². The molecule has 0 spiro atoms. The number of ether oxygens (including phenoxy) is 1. The van der Waals surface area contributed by atoms with Crippen LogP contribution in [-0.2, 0) is 22.4 Å². The molecule has 26 heavy (non-hydrogen) atoms. The zero-order valence-corrected chi connectivity index (χ0v) is 14.6. The maximum absolute atomic E-state index is 12.6. The SMILES string of the molecule is O=C(O)c1ccc(CC(=O)N2CCOC(CCc3ccccc3)C2)cc1. The van der Waals surface area contributed by atoms with Crippen molar-refractivity contribution in [3.05, 3.63) is 71.3 Å². The number of amides is 1. The van der Waals surface area contributed by atoms with E-state index in [0.29, 0.717) is 19.7 Å². The third kappa shape index (κ3) is 4.92. The highest BCUT2D eigenvalue weighted by molar-refractivity contribution is 5.87. The monoisotopic (exact) mass is 353 g/mol. The van der Waals surface area contributed by atoms with Crippen LogP contribution in [0.15, 0.2) is 54.6 Å². The molecule has 1 fully saturated rings. The number of carbonyl (C=O) groups is 2. The van der Waals surface area contributed by atoms with E-state index >= 15 is 0 Å². The van der Waals surface area contributed by atoms with Crippen molar-refractivity contribution in [1.29, 1.82) is 0 Å². The number of hydrogen-bond donors (Lipinski definition) is 1. The van der Waals surface area contributed by atoms with E-state index in [1.54, 1.807) is 12.1 Å².